The van der Waals surface area contributed by atoms with E-state index < -0.39 is 12.0 Å². The molecule has 4 aromatic rings. The van der Waals surface area contributed by atoms with E-state index in [1.807, 2.05) is 36.4 Å². The highest BCUT2D eigenvalue weighted by Crippen LogP contribution is 2.34. The summed E-state index contributed by atoms with van der Waals surface area (Å²) in [4.78, 5) is 18.9. The number of ether oxygens (including phenoxy) is 2. The fraction of sp³-hybridized carbons (Fsp3) is 0.344. The van der Waals surface area contributed by atoms with Gasteiger partial charge in [-0.2, -0.15) is 0 Å². The summed E-state index contributed by atoms with van der Waals surface area (Å²) in [5.74, 6) is 0.588. The second-order valence-electron chi connectivity index (χ2n) is 10.0. The molecule has 0 amide bonds. The zero-order valence-electron chi connectivity index (χ0n) is 23.6. The van der Waals surface area contributed by atoms with Gasteiger partial charge in [0.2, 0.25) is 0 Å². The third-order valence-electron chi connectivity index (χ3n) is 7.41. The Balaban J connectivity index is 0.000000259. The summed E-state index contributed by atoms with van der Waals surface area (Å²) < 4.78 is 10.9. The summed E-state index contributed by atoms with van der Waals surface area (Å²) in [6.45, 7) is 7.61. The molecule has 8 nitrogen and oxygen atoms in total. The van der Waals surface area contributed by atoms with Crippen LogP contribution in [0, 0.1) is 6.92 Å². The molecule has 0 aliphatic carbocycles. The number of aromatic amines is 1. The summed E-state index contributed by atoms with van der Waals surface area (Å²) in [5.41, 5.74) is 11.3. The number of carboxylic acids is 1. The number of carbonyl (C=O) groups is 1. The van der Waals surface area contributed by atoms with Gasteiger partial charge in [-0.3, -0.25) is 9.69 Å². The molecule has 2 heterocycles. The minimum Gasteiger partial charge on any atom is -0.493 e. The fourth-order valence-electron chi connectivity index (χ4n) is 5.13. The molecule has 1 aromatic heterocycles. The van der Waals surface area contributed by atoms with Crippen molar-refractivity contribution in [2.45, 2.75) is 25.8 Å². The Morgan fingerprint density at radius 1 is 0.950 bits per heavy atom. The van der Waals surface area contributed by atoms with Crippen LogP contribution in [-0.4, -0.2) is 73.9 Å². The van der Waals surface area contributed by atoms with Crippen LogP contribution >= 0.6 is 0 Å². The van der Waals surface area contributed by atoms with Crippen LogP contribution in [0.3, 0.4) is 0 Å². The van der Waals surface area contributed by atoms with E-state index >= 15 is 0 Å². The molecule has 3 aromatic carbocycles. The smallest absolute Gasteiger partial charge is 0.320 e. The molecule has 1 saturated heterocycles. The van der Waals surface area contributed by atoms with Crippen molar-refractivity contribution in [2.75, 3.05) is 51.8 Å². The largest absolute Gasteiger partial charge is 0.493 e. The van der Waals surface area contributed by atoms with Crippen LogP contribution in [0.2, 0.25) is 0 Å². The predicted molar refractivity (Wildman–Crippen MR) is 161 cm³/mol. The maximum Gasteiger partial charge on any atom is 0.320 e. The molecular weight excluding hydrogens is 504 g/mol. The quantitative estimate of drug-likeness (QED) is 0.285. The van der Waals surface area contributed by atoms with Crippen LogP contribution in [0.15, 0.2) is 72.8 Å². The summed E-state index contributed by atoms with van der Waals surface area (Å²) in [7, 11) is 3.37. The average Bonchev–Trinajstić information content (AvgIpc) is 3.30. The second-order valence-corrected chi connectivity index (χ2v) is 10.0. The summed E-state index contributed by atoms with van der Waals surface area (Å²) in [6, 6.07) is 23.4. The zero-order chi connectivity index (χ0) is 28.5. The van der Waals surface area contributed by atoms with Crippen LogP contribution in [0.1, 0.15) is 16.8 Å². The first-order valence-electron chi connectivity index (χ1n) is 13.7. The van der Waals surface area contributed by atoms with Crippen LogP contribution < -0.4 is 20.1 Å². The van der Waals surface area contributed by atoms with Crippen LogP contribution in [0.4, 0.5) is 5.69 Å². The number of rotatable bonds is 9. The van der Waals surface area contributed by atoms with Gasteiger partial charge in [-0.15, -0.1) is 0 Å². The van der Waals surface area contributed by atoms with Gasteiger partial charge in [-0.05, 0) is 49.1 Å². The SMILES string of the molecule is COc1cc2[nH]c(C)c(CCN3CCN(c4ccccc4)CC3)c2cc1OC.NC(Cc1ccccc1)C(=O)O. The molecule has 0 bridgehead atoms. The zero-order valence-corrected chi connectivity index (χ0v) is 23.6. The predicted octanol–water partition coefficient (Wildman–Crippen LogP) is 4.50. The first-order chi connectivity index (χ1) is 19.4. The second kappa shape index (κ2) is 13.9. The number of piperazine rings is 1. The minimum atomic E-state index is -0.959. The number of anilines is 1. The lowest BCUT2D eigenvalue weighted by Gasteiger charge is -2.36. The van der Waals surface area contributed by atoms with Crippen molar-refractivity contribution in [2.24, 2.45) is 5.73 Å². The van der Waals surface area contributed by atoms with Gasteiger partial charge < -0.3 is 30.2 Å². The highest BCUT2D eigenvalue weighted by molar-refractivity contribution is 5.88. The van der Waals surface area contributed by atoms with Crippen molar-refractivity contribution in [1.29, 1.82) is 0 Å². The number of aliphatic carboxylic acids is 1. The Hall–Kier alpha value is -4.01. The van der Waals surface area contributed by atoms with Crippen molar-refractivity contribution < 1.29 is 19.4 Å². The first-order valence-corrected chi connectivity index (χ1v) is 13.7. The molecule has 1 aliphatic heterocycles. The summed E-state index contributed by atoms with van der Waals surface area (Å²) in [6.07, 6.45) is 1.42. The number of fused-ring (bicyclic) bond motifs is 1. The number of carboxylic acid groups (broad SMARTS) is 1. The van der Waals surface area contributed by atoms with Gasteiger partial charge in [0.15, 0.2) is 11.5 Å². The molecule has 0 spiro atoms. The number of hydrogen-bond donors (Lipinski definition) is 3. The number of hydrogen-bond acceptors (Lipinski definition) is 6. The van der Waals surface area contributed by atoms with Gasteiger partial charge in [-0.1, -0.05) is 48.5 Å². The Morgan fingerprint density at radius 2 is 1.55 bits per heavy atom. The standard InChI is InChI=1S/C23H29N3O2.C9H11NO2/c1-17-19(20-15-22(27-2)23(28-3)16-21(20)24-17)9-10-25-11-13-26(14-12-25)18-7-5-4-6-8-18;10-8(9(11)12)6-7-4-2-1-3-5-7/h4-8,15-16,24H,9-14H2,1-3H3;1-5,8H,6,10H2,(H,11,12). The molecule has 0 radical (unpaired) electrons. The van der Waals surface area contributed by atoms with Gasteiger partial charge in [0, 0.05) is 61.1 Å². The lowest BCUT2D eigenvalue weighted by Crippen LogP contribution is -2.47. The number of para-hydroxylation sites is 1. The summed E-state index contributed by atoms with van der Waals surface area (Å²) >= 11 is 0. The number of H-pyrrole nitrogens is 1. The Morgan fingerprint density at radius 3 is 2.15 bits per heavy atom. The van der Waals surface area contributed by atoms with Crippen LogP contribution in [0.25, 0.3) is 10.9 Å². The number of nitrogens with zero attached hydrogens (tertiary/aromatic N) is 2. The Labute approximate surface area is 236 Å². The molecule has 0 saturated carbocycles. The molecule has 1 fully saturated rings. The maximum atomic E-state index is 10.4. The topological polar surface area (TPSA) is 104 Å². The number of aromatic nitrogens is 1. The van der Waals surface area contributed by atoms with Crippen molar-refractivity contribution in [3.8, 4) is 11.5 Å². The molecular formula is C32H40N4O4. The molecule has 1 atom stereocenters. The number of methoxy groups -OCH3 is 2. The molecule has 1 aliphatic rings. The van der Waals surface area contributed by atoms with E-state index in [4.69, 9.17) is 20.3 Å². The average molecular weight is 545 g/mol. The highest BCUT2D eigenvalue weighted by Gasteiger charge is 2.19. The maximum absolute atomic E-state index is 10.4. The third-order valence-corrected chi connectivity index (χ3v) is 7.41. The normalized spacial score (nSPS) is 14.3. The van der Waals surface area contributed by atoms with E-state index in [1.54, 1.807) is 14.2 Å². The third kappa shape index (κ3) is 7.34. The van der Waals surface area contributed by atoms with Crippen molar-refractivity contribution in [1.82, 2.24) is 9.88 Å². The van der Waals surface area contributed by atoms with Crippen molar-refractivity contribution >= 4 is 22.6 Å². The Bertz CT molecular complexity index is 1370. The lowest BCUT2D eigenvalue weighted by molar-refractivity contribution is -0.138. The van der Waals surface area contributed by atoms with E-state index in [0.29, 0.717) is 6.42 Å². The molecule has 1 unspecified atom stereocenters. The number of aryl methyl sites for hydroxylation is 1. The molecule has 212 valence electrons. The van der Waals surface area contributed by atoms with Crippen LogP contribution in [0.5, 0.6) is 11.5 Å². The Kier molecular flexibility index (Phi) is 10.0. The molecule has 5 rings (SSSR count). The van der Waals surface area contributed by atoms with Gasteiger partial charge in [0.25, 0.3) is 0 Å². The van der Waals surface area contributed by atoms with Gasteiger partial charge in [0.1, 0.15) is 6.04 Å². The number of benzene rings is 3. The van der Waals surface area contributed by atoms with Crippen molar-refractivity contribution in [3.05, 3.63) is 89.6 Å². The van der Waals surface area contributed by atoms with E-state index in [2.05, 4.69) is 58.1 Å². The summed E-state index contributed by atoms with van der Waals surface area (Å²) in [5, 5.41) is 9.75. The van der Waals surface area contributed by atoms with E-state index in [1.165, 1.54) is 22.3 Å². The van der Waals surface area contributed by atoms with Gasteiger partial charge in [0.05, 0.1) is 14.2 Å². The first kappa shape index (κ1) is 29.0. The molecule has 40 heavy (non-hydrogen) atoms. The van der Waals surface area contributed by atoms with Gasteiger partial charge >= 0.3 is 5.97 Å². The minimum absolute atomic E-state index is 0.385. The lowest BCUT2D eigenvalue weighted by atomic mass is 10.1. The highest BCUT2D eigenvalue weighted by atomic mass is 16.5. The van der Waals surface area contributed by atoms with Crippen LogP contribution in [-0.2, 0) is 17.6 Å². The molecule has 8 heteroatoms. The number of nitrogens with two attached hydrogens (primary N) is 1. The monoisotopic (exact) mass is 544 g/mol. The van der Waals surface area contributed by atoms with E-state index in [-0.39, 0.29) is 0 Å². The van der Waals surface area contributed by atoms with Crippen molar-refractivity contribution in [3.63, 3.8) is 0 Å². The fourth-order valence-corrected chi connectivity index (χ4v) is 5.13. The molecule has 4 N–H and O–H groups in total. The van der Waals surface area contributed by atoms with Gasteiger partial charge in [-0.25, -0.2) is 0 Å². The van der Waals surface area contributed by atoms with E-state index in [0.717, 1.165) is 61.7 Å². The number of nitrogens with one attached hydrogen (secondary N) is 1. The van der Waals surface area contributed by atoms with E-state index in [9.17, 15) is 4.79 Å².